The molecular formula is C17H17ClFN3O3S. The Morgan fingerprint density at radius 3 is 2.58 bits per heavy atom. The molecule has 2 aromatic carbocycles. The molecule has 2 aromatic rings. The number of carbonyl (C=O) groups is 1. The van der Waals surface area contributed by atoms with Crippen LogP contribution in [0.25, 0.3) is 0 Å². The van der Waals surface area contributed by atoms with Gasteiger partial charge in [0.1, 0.15) is 5.82 Å². The van der Waals surface area contributed by atoms with Gasteiger partial charge in [0.15, 0.2) is 0 Å². The van der Waals surface area contributed by atoms with Crippen LogP contribution in [-0.4, -0.2) is 26.7 Å². The van der Waals surface area contributed by atoms with Crippen molar-refractivity contribution in [2.24, 2.45) is 0 Å². The van der Waals surface area contributed by atoms with Gasteiger partial charge in [-0.2, -0.15) is 0 Å². The molecule has 0 atom stereocenters. The van der Waals surface area contributed by atoms with E-state index in [2.05, 4.69) is 10.6 Å². The standard InChI is InChI=1S/C17H17ClFN3O3S/c18-15-7-6-14(10-16(15)22-8-1-9-26(22,24)25)21-17(23)20-11-12-2-4-13(19)5-3-12/h2-7,10H,1,8-9,11H2,(H2,20,21,23). The predicted molar refractivity (Wildman–Crippen MR) is 99.5 cm³/mol. The van der Waals surface area contributed by atoms with E-state index in [1.165, 1.54) is 22.5 Å². The summed E-state index contributed by atoms with van der Waals surface area (Å²) < 4.78 is 38.3. The highest BCUT2D eigenvalue weighted by Gasteiger charge is 2.30. The molecule has 1 aliphatic heterocycles. The predicted octanol–water partition coefficient (Wildman–Crippen LogP) is 3.34. The van der Waals surface area contributed by atoms with E-state index in [1.54, 1.807) is 24.3 Å². The fourth-order valence-electron chi connectivity index (χ4n) is 2.65. The van der Waals surface area contributed by atoms with Gasteiger partial charge in [-0.15, -0.1) is 0 Å². The second-order valence-electron chi connectivity index (χ2n) is 5.84. The molecule has 0 saturated carbocycles. The van der Waals surface area contributed by atoms with Crippen LogP contribution >= 0.6 is 11.6 Å². The van der Waals surface area contributed by atoms with Crippen LogP contribution < -0.4 is 14.9 Å². The van der Waals surface area contributed by atoms with Crippen molar-refractivity contribution >= 4 is 39.0 Å². The van der Waals surface area contributed by atoms with Crippen molar-refractivity contribution in [2.75, 3.05) is 21.9 Å². The molecular weight excluding hydrogens is 381 g/mol. The first-order valence-electron chi connectivity index (χ1n) is 7.94. The Balaban J connectivity index is 1.67. The lowest BCUT2D eigenvalue weighted by molar-refractivity contribution is 0.251. The van der Waals surface area contributed by atoms with E-state index in [0.717, 1.165) is 5.56 Å². The molecule has 3 rings (SSSR count). The molecule has 2 amide bonds. The van der Waals surface area contributed by atoms with Crippen molar-refractivity contribution in [3.8, 4) is 0 Å². The van der Waals surface area contributed by atoms with Crippen molar-refractivity contribution in [3.05, 3.63) is 58.9 Å². The lowest BCUT2D eigenvalue weighted by atomic mass is 10.2. The van der Waals surface area contributed by atoms with E-state index in [4.69, 9.17) is 11.6 Å². The highest BCUT2D eigenvalue weighted by Crippen LogP contribution is 2.33. The third-order valence-corrected chi connectivity index (χ3v) is 6.11. The second-order valence-corrected chi connectivity index (χ2v) is 8.26. The van der Waals surface area contributed by atoms with Gasteiger partial charge in [0.25, 0.3) is 0 Å². The van der Waals surface area contributed by atoms with E-state index in [-0.39, 0.29) is 18.1 Å². The lowest BCUT2D eigenvalue weighted by Crippen LogP contribution is -2.28. The minimum Gasteiger partial charge on any atom is -0.334 e. The number of nitrogens with one attached hydrogen (secondary N) is 2. The molecule has 0 aromatic heterocycles. The number of carbonyl (C=O) groups excluding carboxylic acids is 1. The second kappa shape index (κ2) is 7.51. The van der Waals surface area contributed by atoms with Gasteiger partial charge in [0, 0.05) is 18.8 Å². The number of hydrogen-bond acceptors (Lipinski definition) is 3. The van der Waals surface area contributed by atoms with Crippen molar-refractivity contribution in [1.82, 2.24) is 5.32 Å². The first-order chi connectivity index (χ1) is 12.3. The quantitative estimate of drug-likeness (QED) is 0.830. The van der Waals surface area contributed by atoms with Gasteiger partial charge in [-0.25, -0.2) is 17.6 Å². The van der Waals surface area contributed by atoms with Crippen molar-refractivity contribution in [2.45, 2.75) is 13.0 Å². The van der Waals surface area contributed by atoms with Crippen LogP contribution in [0.15, 0.2) is 42.5 Å². The SMILES string of the molecule is O=C(NCc1ccc(F)cc1)Nc1ccc(Cl)c(N2CCCS2(=O)=O)c1. The average molecular weight is 398 g/mol. The highest BCUT2D eigenvalue weighted by molar-refractivity contribution is 7.93. The molecule has 1 fully saturated rings. The molecule has 6 nitrogen and oxygen atoms in total. The maximum Gasteiger partial charge on any atom is 0.319 e. The normalized spacial score (nSPS) is 15.7. The molecule has 138 valence electrons. The molecule has 1 aliphatic rings. The summed E-state index contributed by atoms with van der Waals surface area (Å²) in [6.07, 6.45) is 0.536. The zero-order chi connectivity index (χ0) is 18.7. The summed E-state index contributed by atoms with van der Waals surface area (Å²) in [6.45, 7) is 0.593. The first kappa shape index (κ1) is 18.5. The fourth-order valence-corrected chi connectivity index (χ4v) is 4.49. The van der Waals surface area contributed by atoms with Crippen LogP contribution in [0, 0.1) is 5.82 Å². The maximum absolute atomic E-state index is 12.9. The van der Waals surface area contributed by atoms with Gasteiger partial charge in [0.2, 0.25) is 10.0 Å². The number of urea groups is 1. The number of sulfonamides is 1. The third kappa shape index (κ3) is 4.25. The molecule has 2 N–H and O–H groups in total. The van der Waals surface area contributed by atoms with E-state index in [0.29, 0.717) is 29.4 Å². The molecule has 1 saturated heterocycles. The third-order valence-electron chi connectivity index (χ3n) is 3.94. The molecule has 26 heavy (non-hydrogen) atoms. The molecule has 9 heteroatoms. The minimum atomic E-state index is -3.37. The van der Waals surface area contributed by atoms with Crippen molar-refractivity contribution in [3.63, 3.8) is 0 Å². The Hall–Kier alpha value is -2.32. The highest BCUT2D eigenvalue weighted by atomic mass is 35.5. The Morgan fingerprint density at radius 2 is 1.92 bits per heavy atom. The van der Waals surface area contributed by atoms with Gasteiger partial charge in [-0.1, -0.05) is 23.7 Å². The van der Waals surface area contributed by atoms with Crippen LogP contribution in [0.2, 0.25) is 5.02 Å². The van der Waals surface area contributed by atoms with Crippen molar-refractivity contribution < 1.29 is 17.6 Å². The zero-order valence-electron chi connectivity index (χ0n) is 13.7. The van der Waals surface area contributed by atoms with Gasteiger partial charge in [0.05, 0.1) is 16.5 Å². The summed E-state index contributed by atoms with van der Waals surface area (Å²) in [5, 5.41) is 5.59. The number of benzene rings is 2. The summed E-state index contributed by atoms with van der Waals surface area (Å²) in [7, 11) is -3.37. The van der Waals surface area contributed by atoms with Gasteiger partial charge in [-0.05, 0) is 42.3 Å². The maximum atomic E-state index is 12.9. The molecule has 0 bridgehead atoms. The summed E-state index contributed by atoms with van der Waals surface area (Å²) in [5.41, 5.74) is 1.52. The van der Waals surface area contributed by atoms with Gasteiger partial charge in [-0.3, -0.25) is 4.31 Å². The molecule has 1 heterocycles. The van der Waals surface area contributed by atoms with Crippen molar-refractivity contribution in [1.29, 1.82) is 0 Å². The minimum absolute atomic E-state index is 0.0825. The number of hydrogen-bond donors (Lipinski definition) is 2. The summed E-state index contributed by atoms with van der Waals surface area (Å²) >= 11 is 6.13. The molecule has 0 spiro atoms. The number of nitrogens with zero attached hydrogens (tertiary/aromatic N) is 1. The van der Waals surface area contributed by atoms with Crippen LogP contribution in [0.1, 0.15) is 12.0 Å². The van der Waals surface area contributed by atoms with Crippen LogP contribution in [0.5, 0.6) is 0 Å². The number of rotatable bonds is 4. The van der Waals surface area contributed by atoms with Crippen LogP contribution in [-0.2, 0) is 16.6 Å². The first-order valence-corrected chi connectivity index (χ1v) is 9.93. The smallest absolute Gasteiger partial charge is 0.319 e. The van der Waals surface area contributed by atoms with E-state index >= 15 is 0 Å². The average Bonchev–Trinajstić information content (AvgIpc) is 2.95. The fraction of sp³-hybridized carbons (Fsp3) is 0.235. The van der Waals surface area contributed by atoms with Gasteiger partial charge >= 0.3 is 6.03 Å². The molecule has 0 radical (unpaired) electrons. The molecule has 0 aliphatic carbocycles. The van der Waals surface area contributed by atoms with E-state index in [9.17, 15) is 17.6 Å². The summed E-state index contributed by atoms with van der Waals surface area (Å²) in [4.78, 5) is 12.0. The van der Waals surface area contributed by atoms with Crippen LogP contribution in [0.4, 0.5) is 20.6 Å². The summed E-state index contributed by atoms with van der Waals surface area (Å²) in [6, 6.07) is 9.98. The lowest BCUT2D eigenvalue weighted by Gasteiger charge is -2.19. The monoisotopic (exact) mass is 397 g/mol. The number of anilines is 2. The number of halogens is 2. The van der Waals surface area contributed by atoms with Gasteiger partial charge < -0.3 is 10.6 Å². The Bertz CT molecular complexity index is 919. The Morgan fingerprint density at radius 1 is 1.19 bits per heavy atom. The Kier molecular flexibility index (Phi) is 5.33. The Labute approximate surface area is 156 Å². The number of amides is 2. The summed E-state index contributed by atoms with van der Waals surface area (Å²) in [5.74, 6) is -0.261. The topological polar surface area (TPSA) is 78.5 Å². The molecule has 0 unspecified atom stereocenters. The largest absolute Gasteiger partial charge is 0.334 e. The van der Waals surface area contributed by atoms with Crippen LogP contribution in [0.3, 0.4) is 0 Å². The zero-order valence-corrected chi connectivity index (χ0v) is 15.3. The van der Waals surface area contributed by atoms with E-state index in [1.807, 2.05) is 0 Å². The van der Waals surface area contributed by atoms with E-state index < -0.39 is 16.1 Å².